The Kier molecular flexibility index (Phi) is 22.0. The van der Waals surface area contributed by atoms with Gasteiger partial charge in [0.2, 0.25) is 0 Å². The van der Waals surface area contributed by atoms with E-state index in [4.69, 9.17) is 18.9 Å². The smallest absolute Gasteiger partial charge is 0.254 e. The van der Waals surface area contributed by atoms with Crippen LogP contribution < -0.4 is 10.6 Å². The number of carbonyl (C=O) groups excluding carboxylic acids is 6. The molecule has 3 atom stereocenters. The van der Waals surface area contributed by atoms with E-state index in [1.54, 1.807) is 48.5 Å². The summed E-state index contributed by atoms with van der Waals surface area (Å²) in [6, 6.07) is 29.8. The first-order valence-electron chi connectivity index (χ1n) is 26.5. The van der Waals surface area contributed by atoms with Crippen LogP contribution in [0.3, 0.4) is 0 Å². The quantitative estimate of drug-likeness (QED) is 0.0831. The lowest BCUT2D eigenvalue weighted by Crippen LogP contribution is -2.62. The molecule has 0 aromatic heterocycles. The predicted molar refractivity (Wildman–Crippen MR) is 295 cm³/mol. The lowest BCUT2D eigenvalue weighted by Gasteiger charge is -2.38. The number of benzene rings is 4. The topological polar surface area (TPSA) is 197 Å². The van der Waals surface area contributed by atoms with Gasteiger partial charge in [0, 0.05) is 121 Å². The SMILES string of the molecule is CCOC1CN(Cc2ccc(C#Cc3ccc(C(=O)N(C)[C@](C)(C(=O)CO)C(=O)NC)cc3)cc2)C1.CCOC1CN(Cc2ccc(C#Cc3ccc(C(=O)N(C)[C@](C)(C(=O)COC4CCCCO4)C(=O)NC)cc3)cc2)C1. The molecule has 0 radical (unpaired) electrons. The van der Waals surface area contributed by atoms with E-state index in [9.17, 15) is 33.9 Å². The highest BCUT2D eigenvalue weighted by molar-refractivity contribution is 6.15. The van der Waals surface area contributed by atoms with Gasteiger partial charge >= 0.3 is 0 Å². The second-order valence-electron chi connectivity index (χ2n) is 19.7. The zero-order valence-electron chi connectivity index (χ0n) is 46.2. The van der Waals surface area contributed by atoms with Crippen molar-refractivity contribution < 1.29 is 52.8 Å². The van der Waals surface area contributed by atoms with Gasteiger partial charge in [0.05, 0.1) is 12.2 Å². The van der Waals surface area contributed by atoms with E-state index in [2.05, 4.69) is 68.4 Å². The number of likely N-dealkylation sites (N-methyl/N-ethyl adjacent to an activating group) is 4. The Hall–Kier alpha value is -7.06. The molecular formula is C61H74N6O11. The number of aliphatic hydroxyl groups excluding tert-OH is 1. The highest BCUT2D eigenvalue weighted by Crippen LogP contribution is 2.23. The van der Waals surface area contributed by atoms with Gasteiger partial charge in [-0.1, -0.05) is 47.9 Å². The first-order chi connectivity index (χ1) is 37.5. The first-order valence-corrected chi connectivity index (χ1v) is 26.5. The maximum atomic E-state index is 13.4. The number of rotatable bonds is 20. The maximum absolute atomic E-state index is 13.4. The number of hydrogen-bond acceptors (Lipinski definition) is 13. The fourth-order valence-corrected chi connectivity index (χ4v) is 9.09. The summed E-state index contributed by atoms with van der Waals surface area (Å²) in [4.78, 5) is 84.0. The second-order valence-corrected chi connectivity index (χ2v) is 19.7. The Bertz CT molecular complexity index is 2800. The molecule has 3 aliphatic heterocycles. The number of hydrogen-bond donors (Lipinski definition) is 3. The molecule has 3 N–H and O–H groups in total. The Morgan fingerprint density at radius 1 is 0.590 bits per heavy atom. The van der Waals surface area contributed by atoms with Crippen LogP contribution in [0.5, 0.6) is 0 Å². The zero-order chi connectivity index (χ0) is 56.4. The summed E-state index contributed by atoms with van der Waals surface area (Å²) in [5.74, 6) is 8.97. The number of aliphatic hydroxyl groups is 1. The number of ether oxygens (including phenoxy) is 4. The van der Waals surface area contributed by atoms with Crippen molar-refractivity contribution in [3.8, 4) is 23.7 Å². The number of ketones is 2. The summed E-state index contributed by atoms with van der Waals surface area (Å²) in [5.41, 5.74) is 2.76. The van der Waals surface area contributed by atoms with Gasteiger partial charge in [-0.3, -0.25) is 38.6 Å². The Balaban J connectivity index is 0.000000255. The molecule has 17 nitrogen and oxygen atoms in total. The van der Waals surface area contributed by atoms with Crippen molar-refractivity contribution in [1.82, 2.24) is 30.2 Å². The highest BCUT2D eigenvalue weighted by atomic mass is 16.7. The van der Waals surface area contributed by atoms with E-state index in [0.717, 1.165) is 92.5 Å². The fourth-order valence-electron chi connectivity index (χ4n) is 9.09. The molecule has 7 rings (SSSR count). The number of amides is 4. The summed E-state index contributed by atoms with van der Waals surface area (Å²) in [6.45, 7) is 13.3. The predicted octanol–water partition coefficient (Wildman–Crippen LogP) is 4.44. The number of nitrogens with zero attached hydrogens (tertiary/aromatic N) is 4. The summed E-state index contributed by atoms with van der Waals surface area (Å²) in [6.07, 6.45) is 2.81. The molecule has 0 aliphatic carbocycles. The molecule has 78 heavy (non-hydrogen) atoms. The molecule has 3 saturated heterocycles. The van der Waals surface area contributed by atoms with Gasteiger partial charge in [-0.05, 0) is 131 Å². The third-order valence-electron chi connectivity index (χ3n) is 14.4. The lowest BCUT2D eigenvalue weighted by atomic mass is 9.92. The van der Waals surface area contributed by atoms with Crippen LogP contribution in [0.1, 0.15) is 101 Å². The van der Waals surface area contributed by atoms with Gasteiger partial charge in [0.1, 0.15) is 13.2 Å². The monoisotopic (exact) mass is 1070 g/mol. The van der Waals surface area contributed by atoms with Crippen LogP contribution in [0, 0.1) is 23.7 Å². The minimum absolute atomic E-state index is 0.297. The molecule has 1 unspecified atom stereocenters. The number of carbonyl (C=O) groups is 6. The van der Waals surface area contributed by atoms with Gasteiger partial charge in [-0.2, -0.15) is 0 Å². The van der Waals surface area contributed by atoms with Crippen molar-refractivity contribution in [1.29, 1.82) is 0 Å². The molecule has 0 saturated carbocycles. The molecule has 0 spiro atoms. The van der Waals surface area contributed by atoms with Gasteiger partial charge in [0.15, 0.2) is 28.9 Å². The number of Topliss-reactive ketones (excluding diaryl/α,β-unsaturated/α-hetero) is 2. The molecular weight excluding hydrogens is 993 g/mol. The van der Waals surface area contributed by atoms with Crippen LogP contribution in [0.2, 0.25) is 0 Å². The van der Waals surface area contributed by atoms with E-state index in [1.807, 2.05) is 38.1 Å². The lowest BCUT2D eigenvalue weighted by molar-refractivity contribution is -0.174. The molecule has 0 bridgehead atoms. The molecule has 3 aliphatic rings. The Labute approximate surface area is 458 Å². The van der Waals surface area contributed by atoms with Gasteiger partial charge in [-0.15, -0.1) is 0 Å². The fraction of sp³-hybridized carbons (Fsp3) is 0.443. The third-order valence-corrected chi connectivity index (χ3v) is 14.4. The molecule has 3 heterocycles. The zero-order valence-corrected chi connectivity index (χ0v) is 46.2. The van der Waals surface area contributed by atoms with Crippen LogP contribution in [-0.4, -0.2) is 177 Å². The maximum Gasteiger partial charge on any atom is 0.254 e. The minimum atomic E-state index is -1.83. The average Bonchev–Trinajstić information content (AvgIpc) is 3.45. The normalized spacial score (nSPS) is 17.0. The van der Waals surface area contributed by atoms with E-state index in [1.165, 1.54) is 58.1 Å². The van der Waals surface area contributed by atoms with Crippen LogP contribution in [-0.2, 0) is 51.2 Å². The molecule has 3 fully saturated rings. The van der Waals surface area contributed by atoms with E-state index in [-0.39, 0.29) is 6.61 Å². The van der Waals surface area contributed by atoms with Crippen LogP contribution in [0.4, 0.5) is 0 Å². The van der Waals surface area contributed by atoms with Crippen molar-refractivity contribution in [2.75, 3.05) is 87.4 Å². The molecule has 4 aromatic rings. The second kappa shape index (κ2) is 28.5. The van der Waals surface area contributed by atoms with Gasteiger partial charge in [-0.25, -0.2) is 0 Å². The van der Waals surface area contributed by atoms with Crippen LogP contribution in [0.15, 0.2) is 97.1 Å². The van der Waals surface area contributed by atoms with Crippen LogP contribution in [0.25, 0.3) is 0 Å². The van der Waals surface area contributed by atoms with E-state index < -0.39 is 59.2 Å². The highest BCUT2D eigenvalue weighted by Gasteiger charge is 2.48. The minimum Gasteiger partial charge on any atom is -0.388 e. The third kappa shape index (κ3) is 15.4. The van der Waals surface area contributed by atoms with E-state index >= 15 is 0 Å². The van der Waals surface area contributed by atoms with Crippen LogP contribution >= 0.6 is 0 Å². The molecule has 4 amide bonds. The van der Waals surface area contributed by atoms with Crippen molar-refractivity contribution in [2.24, 2.45) is 0 Å². The first kappa shape index (κ1) is 60.2. The number of nitrogens with one attached hydrogen (secondary N) is 2. The molecule has 414 valence electrons. The number of likely N-dealkylation sites (tertiary alicyclic amines) is 2. The molecule has 17 heteroatoms. The van der Waals surface area contributed by atoms with Crippen molar-refractivity contribution in [2.45, 2.75) is 89.6 Å². The van der Waals surface area contributed by atoms with Crippen molar-refractivity contribution in [3.05, 3.63) is 142 Å². The Morgan fingerprint density at radius 2 is 0.962 bits per heavy atom. The van der Waals surface area contributed by atoms with Crippen molar-refractivity contribution in [3.63, 3.8) is 0 Å². The average molecular weight is 1070 g/mol. The van der Waals surface area contributed by atoms with Gasteiger partial charge in [0.25, 0.3) is 23.6 Å². The Morgan fingerprint density at radius 3 is 1.29 bits per heavy atom. The summed E-state index contributed by atoms with van der Waals surface area (Å²) in [5, 5.41) is 14.2. The summed E-state index contributed by atoms with van der Waals surface area (Å²) >= 11 is 0. The summed E-state index contributed by atoms with van der Waals surface area (Å²) in [7, 11) is 5.61. The standard InChI is InChI=1S/C33H41N3O6.C28H33N3O5/c1-5-40-28-21-36(22-28)20-26-13-11-24(12-14-26)9-10-25-15-17-27(18-16-25)31(38)35(4)33(2,32(39)34-3)29(37)23-42-30-8-6-7-19-41-30;1-5-36-24-17-31(18-24)16-22-10-8-20(9-11-22)6-7-21-12-14-23(15-13-21)26(34)30(4)28(2,25(33)19-32)27(35)29-3/h11-18,28,30H,5-8,19-23H2,1-4H3,(H,34,39);8-15,24,32H,5,16-19H2,1-4H3,(H,29,35)/t30?,33-;28-/m11/s1. The molecule has 4 aromatic carbocycles. The van der Waals surface area contributed by atoms with Crippen molar-refractivity contribution >= 4 is 35.2 Å². The largest absolute Gasteiger partial charge is 0.388 e. The summed E-state index contributed by atoms with van der Waals surface area (Å²) < 4.78 is 22.4. The van der Waals surface area contributed by atoms with Gasteiger partial charge < -0.3 is 44.5 Å². The van der Waals surface area contributed by atoms with E-state index in [0.29, 0.717) is 36.4 Å².